The monoisotopic (exact) mass is 393 g/mol. The van der Waals surface area contributed by atoms with Gasteiger partial charge in [0.1, 0.15) is 5.60 Å². The molecule has 0 N–H and O–H groups in total. The summed E-state index contributed by atoms with van der Waals surface area (Å²) < 4.78 is 6.06. The highest BCUT2D eigenvalue weighted by atomic mass is 35.5. The first-order valence-electron chi connectivity index (χ1n) is 8.87. The van der Waals surface area contributed by atoms with Crippen molar-refractivity contribution < 1.29 is 9.53 Å². The minimum Gasteiger partial charge on any atom is -0.450 e. The standard InChI is InChI=1S/C21H24ClNO2.ClH/c1-3-23(4-2)14-13-21(17-9-11-18(22)12-10-17)15-16-7-5-6-8-19(16)20(24)25-21;/h5-12H,3-4,13-15H2,1-2H3;1H. The zero-order chi connectivity index (χ0) is 17.9. The number of esters is 1. The SMILES string of the molecule is CCN(CC)CCC1(c2ccc(Cl)cc2)Cc2ccccc2C(=O)O1.Cl. The Morgan fingerprint density at radius 2 is 1.73 bits per heavy atom. The summed E-state index contributed by atoms with van der Waals surface area (Å²) in [6.07, 6.45) is 1.45. The summed E-state index contributed by atoms with van der Waals surface area (Å²) in [7, 11) is 0. The fourth-order valence-corrected chi connectivity index (χ4v) is 3.65. The molecule has 140 valence electrons. The molecule has 0 spiro atoms. The van der Waals surface area contributed by atoms with Crippen molar-refractivity contribution in [3.8, 4) is 0 Å². The van der Waals surface area contributed by atoms with Gasteiger partial charge in [0.05, 0.1) is 5.56 Å². The average Bonchev–Trinajstić information content (AvgIpc) is 2.63. The molecule has 0 aliphatic carbocycles. The molecule has 3 rings (SSSR count). The molecule has 5 heteroatoms. The molecule has 1 heterocycles. The van der Waals surface area contributed by atoms with E-state index in [4.69, 9.17) is 16.3 Å². The van der Waals surface area contributed by atoms with Crippen LogP contribution in [0.1, 0.15) is 41.8 Å². The molecule has 3 nitrogen and oxygen atoms in total. The number of benzene rings is 2. The van der Waals surface area contributed by atoms with Crippen LogP contribution in [0.15, 0.2) is 48.5 Å². The zero-order valence-electron chi connectivity index (χ0n) is 15.2. The van der Waals surface area contributed by atoms with Gasteiger partial charge in [-0.25, -0.2) is 4.79 Å². The minimum atomic E-state index is -0.640. The molecule has 1 aliphatic heterocycles. The predicted octanol–water partition coefficient (Wildman–Crippen LogP) is 5.10. The van der Waals surface area contributed by atoms with Crippen molar-refractivity contribution in [1.29, 1.82) is 0 Å². The molecule has 1 unspecified atom stereocenters. The largest absolute Gasteiger partial charge is 0.450 e. The van der Waals surface area contributed by atoms with Crippen molar-refractivity contribution in [1.82, 2.24) is 4.90 Å². The summed E-state index contributed by atoms with van der Waals surface area (Å²) in [6.45, 7) is 7.15. The Hall–Kier alpha value is -1.55. The fourth-order valence-electron chi connectivity index (χ4n) is 3.53. The van der Waals surface area contributed by atoms with E-state index in [-0.39, 0.29) is 18.4 Å². The van der Waals surface area contributed by atoms with Gasteiger partial charge in [0.25, 0.3) is 0 Å². The van der Waals surface area contributed by atoms with E-state index in [1.54, 1.807) is 0 Å². The van der Waals surface area contributed by atoms with E-state index < -0.39 is 5.60 Å². The Kier molecular flexibility index (Phi) is 7.10. The smallest absolute Gasteiger partial charge is 0.339 e. The molecule has 0 fully saturated rings. The van der Waals surface area contributed by atoms with Crippen LogP contribution >= 0.6 is 24.0 Å². The number of nitrogens with zero attached hydrogens (tertiary/aromatic N) is 1. The lowest BCUT2D eigenvalue weighted by Gasteiger charge is -2.39. The van der Waals surface area contributed by atoms with E-state index in [9.17, 15) is 4.79 Å². The Bertz CT molecular complexity index is 744. The van der Waals surface area contributed by atoms with Crippen LogP contribution in [0.25, 0.3) is 0 Å². The third kappa shape index (κ3) is 4.22. The fraction of sp³-hybridized carbons (Fsp3) is 0.381. The van der Waals surface area contributed by atoms with E-state index in [0.29, 0.717) is 17.0 Å². The van der Waals surface area contributed by atoms with Crippen LogP contribution in [0, 0.1) is 0 Å². The van der Waals surface area contributed by atoms with Crippen molar-refractivity contribution >= 4 is 30.0 Å². The van der Waals surface area contributed by atoms with E-state index in [0.717, 1.165) is 37.2 Å². The Balaban J connectivity index is 0.00000243. The average molecular weight is 394 g/mol. The Morgan fingerprint density at radius 1 is 1.08 bits per heavy atom. The molecule has 2 aromatic carbocycles. The second kappa shape index (κ2) is 8.90. The molecular weight excluding hydrogens is 369 g/mol. The first-order chi connectivity index (χ1) is 12.1. The van der Waals surface area contributed by atoms with Crippen LogP contribution in [0.4, 0.5) is 0 Å². The molecule has 0 amide bonds. The van der Waals surface area contributed by atoms with Gasteiger partial charge < -0.3 is 9.64 Å². The number of rotatable bonds is 6. The maximum atomic E-state index is 12.7. The van der Waals surface area contributed by atoms with E-state index >= 15 is 0 Å². The predicted molar refractivity (Wildman–Crippen MR) is 108 cm³/mol. The Morgan fingerprint density at radius 3 is 2.38 bits per heavy atom. The van der Waals surface area contributed by atoms with Gasteiger partial charge in [-0.15, -0.1) is 12.4 Å². The molecule has 1 aliphatic rings. The van der Waals surface area contributed by atoms with E-state index in [1.165, 1.54) is 0 Å². The van der Waals surface area contributed by atoms with Crippen LogP contribution in [-0.2, 0) is 16.8 Å². The van der Waals surface area contributed by atoms with Crippen molar-refractivity contribution in [3.05, 3.63) is 70.2 Å². The molecule has 2 aromatic rings. The highest BCUT2D eigenvalue weighted by molar-refractivity contribution is 6.30. The molecule has 0 bridgehead atoms. The van der Waals surface area contributed by atoms with Crippen molar-refractivity contribution in [2.24, 2.45) is 0 Å². The van der Waals surface area contributed by atoms with Gasteiger partial charge in [-0.2, -0.15) is 0 Å². The summed E-state index contributed by atoms with van der Waals surface area (Å²) in [6, 6.07) is 15.4. The summed E-state index contributed by atoms with van der Waals surface area (Å²) in [5.41, 5.74) is 2.09. The number of fused-ring (bicyclic) bond motifs is 1. The first kappa shape index (κ1) is 20.8. The van der Waals surface area contributed by atoms with Crippen LogP contribution in [0.5, 0.6) is 0 Å². The van der Waals surface area contributed by atoms with E-state index in [1.807, 2.05) is 48.5 Å². The molecule has 26 heavy (non-hydrogen) atoms. The Labute approximate surface area is 166 Å². The quantitative estimate of drug-likeness (QED) is 0.639. The number of carbonyl (C=O) groups is 1. The lowest BCUT2D eigenvalue weighted by Crippen LogP contribution is -2.42. The summed E-state index contributed by atoms with van der Waals surface area (Å²) >= 11 is 6.06. The minimum absolute atomic E-state index is 0. The lowest BCUT2D eigenvalue weighted by molar-refractivity contribution is -0.0366. The molecule has 0 radical (unpaired) electrons. The summed E-state index contributed by atoms with van der Waals surface area (Å²) in [5, 5.41) is 0.685. The number of ether oxygens (including phenoxy) is 1. The van der Waals surface area contributed by atoms with Crippen molar-refractivity contribution in [2.45, 2.75) is 32.3 Å². The molecule has 1 atom stereocenters. The topological polar surface area (TPSA) is 29.5 Å². The lowest BCUT2D eigenvalue weighted by atomic mass is 9.80. The van der Waals surface area contributed by atoms with E-state index in [2.05, 4.69) is 18.7 Å². The van der Waals surface area contributed by atoms with Gasteiger partial charge in [0, 0.05) is 24.4 Å². The highest BCUT2D eigenvalue weighted by Crippen LogP contribution is 2.39. The summed E-state index contributed by atoms with van der Waals surface area (Å²) in [5.74, 6) is -0.239. The maximum Gasteiger partial charge on any atom is 0.339 e. The van der Waals surface area contributed by atoms with Gasteiger partial charge in [0.15, 0.2) is 0 Å². The third-order valence-corrected chi connectivity index (χ3v) is 5.35. The number of halogens is 2. The third-order valence-electron chi connectivity index (χ3n) is 5.10. The van der Waals surface area contributed by atoms with Crippen LogP contribution in [0.3, 0.4) is 0 Å². The zero-order valence-corrected chi connectivity index (χ0v) is 16.8. The van der Waals surface area contributed by atoms with Crippen LogP contribution in [0.2, 0.25) is 5.02 Å². The molecule has 0 aromatic heterocycles. The molecular formula is C21H25Cl2NO2. The number of cyclic esters (lactones) is 1. The molecule has 0 saturated carbocycles. The number of hydrogen-bond donors (Lipinski definition) is 0. The van der Waals surface area contributed by atoms with Gasteiger partial charge in [-0.05, 0) is 42.4 Å². The number of hydrogen-bond acceptors (Lipinski definition) is 3. The summed E-state index contributed by atoms with van der Waals surface area (Å²) in [4.78, 5) is 15.0. The van der Waals surface area contributed by atoms with Crippen molar-refractivity contribution in [3.63, 3.8) is 0 Å². The van der Waals surface area contributed by atoms with Gasteiger partial charge in [0.2, 0.25) is 0 Å². The van der Waals surface area contributed by atoms with Crippen molar-refractivity contribution in [2.75, 3.05) is 19.6 Å². The van der Waals surface area contributed by atoms with Crippen LogP contribution in [-0.4, -0.2) is 30.5 Å². The normalized spacial score (nSPS) is 18.8. The van der Waals surface area contributed by atoms with Gasteiger partial charge >= 0.3 is 5.97 Å². The number of carbonyl (C=O) groups excluding carboxylic acids is 1. The van der Waals surface area contributed by atoms with Crippen LogP contribution < -0.4 is 0 Å². The van der Waals surface area contributed by atoms with Gasteiger partial charge in [-0.1, -0.05) is 55.8 Å². The highest BCUT2D eigenvalue weighted by Gasteiger charge is 2.41. The van der Waals surface area contributed by atoms with Gasteiger partial charge in [-0.3, -0.25) is 0 Å². The second-order valence-electron chi connectivity index (χ2n) is 6.50. The maximum absolute atomic E-state index is 12.7. The second-order valence-corrected chi connectivity index (χ2v) is 6.94. The first-order valence-corrected chi connectivity index (χ1v) is 9.25. The molecule has 0 saturated heterocycles.